The number of hydrogen-bond acceptors (Lipinski definition) is 8. The third kappa shape index (κ3) is 9.77. The Labute approximate surface area is 163 Å². The van der Waals surface area contributed by atoms with Crippen LogP contribution in [0.2, 0.25) is 0 Å². The van der Waals surface area contributed by atoms with Crippen LogP contribution in [0, 0.1) is 22.0 Å². The van der Waals surface area contributed by atoms with Crippen molar-refractivity contribution >= 4 is 0 Å². The topological polar surface area (TPSA) is 154 Å². The second kappa shape index (κ2) is 14.2. The summed E-state index contributed by atoms with van der Waals surface area (Å²) < 4.78 is 0. The van der Waals surface area contributed by atoms with Crippen LogP contribution in [-0.2, 0) is 0 Å². The van der Waals surface area contributed by atoms with Gasteiger partial charge in [0, 0.05) is 83.2 Å². The molecule has 0 aliphatic heterocycles. The quantitative estimate of drug-likeness (QED) is 0.212. The molecule has 0 aromatic rings. The predicted octanol–water partition coefficient (Wildman–Crippen LogP) is -0.733. The van der Waals surface area contributed by atoms with E-state index in [0.717, 1.165) is 58.5 Å². The van der Waals surface area contributed by atoms with Gasteiger partial charge >= 0.3 is 0 Å². The molecule has 27 heavy (non-hydrogen) atoms. The number of hydrogen-bond donors (Lipinski definition) is 4. The van der Waals surface area contributed by atoms with Crippen molar-refractivity contribution in [2.75, 3.05) is 65.4 Å². The second-order valence-electron chi connectivity index (χ2n) is 7.82. The Hall–Kier alpha value is -0.840. The molecule has 0 unspecified atom stereocenters. The highest BCUT2D eigenvalue weighted by atomic mass is 16.6. The Kier molecular flexibility index (Phi) is 12.7. The molecule has 0 atom stereocenters. The van der Waals surface area contributed by atoms with Gasteiger partial charge in [0.1, 0.15) is 0 Å². The zero-order valence-corrected chi connectivity index (χ0v) is 16.8. The molecule has 0 radical (unpaired) electrons. The van der Waals surface area contributed by atoms with E-state index < -0.39 is 0 Å². The van der Waals surface area contributed by atoms with Gasteiger partial charge < -0.3 is 32.7 Å². The van der Waals surface area contributed by atoms with Gasteiger partial charge in [-0.3, -0.25) is 10.1 Å². The van der Waals surface area contributed by atoms with Gasteiger partial charge in [-0.05, 0) is 31.1 Å². The minimum atomic E-state index is -0.350. The molecule has 0 bridgehead atoms. The van der Waals surface area contributed by atoms with Crippen molar-refractivity contribution in [1.29, 1.82) is 0 Å². The van der Waals surface area contributed by atoms with Crippen molar-refractivity contribution < 1.29 is 4.92 Å². The number of nitrogens with zero attached hydrogens (tertiary/aromatic N) is 3. The lowest BCUT2D eigenvalue weighted by atomic mass is 9.80. The van der Waals surface area contributed by atoms with Gasteiger partial charge in [-0.15, -0.1) is 0 Å². The normalized spacial score (nSPS) is 20.7. The predicted molar refractivity (Wildman–Crippen MR) is 110 cm³/mol. The fourth-order valence-electron chi connectivity index (χ4n) is 4.32. The summed E-state index contributed by atoms with van der Waals surface area (Å²) in [6.07, 6.45) is 4.39. The van der Waals surface area contributed by atoms with E-state index in [-0.39, 0.29) is 11.0 Å². The first kappa shape index (κ1) is 24.2. The molecule has 160 valence electrons. The van der Waals surface area contributed by atoms with E-state index >= 15 is 0 Å². The maximum absolute atomic E-state index is 11.0. The molecule has 0 heterocycles. The molecule has 8 N–H and O–H groups in total. The van der Waals surface area contributed by atoms with Crippen LogP contribution >= 0.6 is 0 Å². The standard InChI is InChI=1S/C18H41N7O2/c19-5-9-23(10-6-20)14-17(15-24(11-7-21)12-8-22)13-16-1-3-18(4-2-16)25(26)27/h16-18H,1-15,19-22H2. The highest BCUT2D eigenvalue weighted by Crippen LogP contribution is 2.31. The van der Waals surface area contributed by atoms with Crippen molar-refractivity contribution in [2.45, 2.75) is 38.1 Å². The van der Waals surface area contributed by atoms with Gasteiger partial charge in [0.15, 0.2) is 0 Å². The minimum Gasteiger partial charge on any atom is -0.329 e. The molecule has 0 saturated heterocycles. The lowest BCUT2D eigenvalue weighted by molar-refractivity contribution is -0.527. The lowest BCUT2D eigenvalue weighted by Crippen LogP contribution is -2.44. The van der Waals surface area contributed by atoms with Crippen LogP contribution in [0.25, 0.3) is 0 Å². The summed E-state index contributed by atoms with van der Waals surface area (Å²) in [7, 11) is 0. The van der Waals surface area contributed by atoms with Crippen molar-refractivity contribution in [1.82, 2.24) is 9.80 Å². The van der Waals surface area contributed by atoms with Gasteiger partial charge in [-0.1, -0.05) is 0 Å². The maximum atomic E-state index is 11.0. The third-order valence-corrected chi connectivity index (χ3v) is 5.60. The Morgan fingerprint density at radius 2 is 1.22 bits per heavy atom. The summed E-state index contributed by atoms with van der Waals surface area (Å²) in [5.74, 6) is 1.03. The number of nitrogens with two attached hydrogens (primary N) is 4. The molecule has 1 saturated carbocycles. The molecule has 0 aromatic heterocycles. The lowest BCUT2D eigenvalue weighted by Gasteiger charge is -2.34. The summed E-state index contributed by atoms with van der Waals surface area (Å²) in [5.41, 5.74) is 23.1. The Morgan fingerprint density at radius 3 is 1.56 bits per heavy atom. The van der Waals surface area contributed by atoms with Gasteiger partial charge in [0.25, 0.3) is 0 Å². The van der Waals surface area contributed by atoms with E-state index in [4.69, 9.17) is 22.9 Å². The largest absolute Gasteiger partial charge is 0.329 e. The van der Waals surface area contributed by atoms with E-state index in [1.165, 1.54) is 0 Å². The van der Waals surface area contributed by atoms with Crippen LogP contribution in [-0.4, -0.2) is 86.2 Å². The summed E-state index contributed by atoms with van der Waals surface area (Å²) in [4.78, 5) is 15.6. The second-order valence-corrected chi connectivity index (χ2v) is 7.82. The van der Waals surface area contributed by atoms with Gasteiger partial charge in [-0.25, -0.2) is 0 Å². The van der Waals surface area contributed by atoms with E-state index in [1.54, 1.807) is 0 Å². The molecule has 0 aromatic carbocycles. The molecule has 9 nitrogen and oxygen atoms in total. The van der Waals surface area contributed by atoms with Crippen LogP contribution < -0.4 is 22.9 Å². The van der Waals surface area contributed by atoms with Crippen molar-refractivity contribution in [3.8, 4) is 0 Å². The summed E-state index contributed by atoms with van der Waals surface area (Å²) in [6.45, 7) is 7.76. The van der Waals surface area contributed by atoms with E-state index in [2.05, 4.69) is 9.80 Å². The molecular weight excluding hydrogens is 346 g/mol. The molecule has 1 aliphatic carbocycles. The molecule has 0 amide bonds. The Balaban J connectivity index is 2.69. The Bertz CT molecular complexity index is 362. The fraction of sp³-hybridized carbons (Fsp3) is 1.00. The third-order valence-electron chi connectivity index (χ3n) is 5.60. The van der Waals surface area contributed by atoms with Gasteiger partial charge in [0.05, 0.1) is 0 Å². The summed E-state index contributed by atoms with van der Waals surface area (Å²) in [6, 6.07) is -0.350. The number of nitro groups is 1. The van der Waals surface area contributed by atoms with Crippen LogP contribution in [0.15, 0.2) is 0 Å². The van der Waals surface area contributed by atoms with Crippen LogP contribution in [0.1, 0.15) is 32.1 Å². The maximum Gasteiger partial charge on any atom is 0.213 e. The highest BCUT2D eigenvalue weighted by Gasteiger charge is 2.30. The smallest absolute Gasteiger partial charge is 0.213 e. The highest BCUT2D eigenvalue weighted by molar-refractivity contribution is 4.79. The zero-order chi connectivity index (χ0) is 20.1. The average molecular weight is 388 g/mol. The molecule has 1 fully saturated rings. The first-order valence-electron chi connectivity index (χ1n) is 10.4. The monoisotopic (exact) mass is 387 g/mol. The van der Waals surface area contributed by atoms with Crippen LogP contribution in [0.3, 0.4) is 0 Å². The van der Waals surface area contributed by atoms with E-state index in [9.17, 15) is 10.1 Å². The fourth-order valence-corrected chi connectivity index (χ4v) is 4.32. The van der Waals surface area contributed by atoms with Crippen molar-refractivity contribution in [3.05, 3.63) is 10.1 Å². The molecule has 1 rings (SSSR count). The van der Waals surface area contributed by atoms with Crippen molar-refractivity contribution in [3.63, 3.8) is 0 Å². The van der Waals surface area contributed by atoms with E-state index in [0.29, 0.717) is 50.9 Å². The molecule has 0 spiro atoms. The first-order valence-corrected chi connectivity index (χ1v) is 10.4. The van der Waals surface area contributed by atoms with Crippen molar-refractivity contribution in [2.24, 2.45) is 34.8 Å². The average Bonchev–Trinajstić information content (AvgIpc) is 2.63. The Morgan fingerprint density at radius 1 is 0.815 bits per heavy atom. The molecule has 9 heteroatoms. The van der Waals surface area contributed by atoms with Gasteiger partial charge in [-0.2, -0.15) is 0 Å². The SMILES string of the molecule is NCCN(CCN)CC(CC1CCC([N+](=O)[O-])CC1)CN(CCN)CCN. The number of rotatable bonds is 15. The molecular formula is C18H41N7O2. The zero-order valence-electron chi connectivity index (χ0n) is 16.8. The van der Waals surface area contributed by atoms with Crippen LogP contribution in [0.5, 0.6) is 0 Å². The van der Waals surface area contributed by atoms with Gasteiger partial charge in [0.2, 0.25) is 6.04 Å². The summed E-state index contributed by atoms with van der Waals surface area (Å²) >= 11 is 0. The first-order chi connectivity index (χ1) is 13.0. The van der Waals surface area contributed by atoms with Crippen LogP contribution in [0.4, 0.5) is 0 Å². The minimum absolute atomic E-state index is 0.109. The summed E-state index contributed by atoms with van der Waals surface area (Å²) in [5, 5.41) is 11.0. The molecule has 1 aliphatic rings. The van der Waals surface area contributed by atoms with E-state index in [1.807, 2.05) is 0 Å².